The van der Waals surface area contributed by atoms with Gasteiger partial charge in [-0.3, -0.25) is 4.79 Å². The van der Waals surface area contributed by atoms with Crippen molar-refractivity contribution >= 4 is 5.78 Å². The standard InChI is InChI=1S/C9H13O/c1-6-5-8(10)7(2)9(6,3)4/h5,7H,1H2,2-4H3. The van der Waals surface area contributed by atoms with Crippen LogP contribution in [0.2, 0.25) is 0 Å². The van der Waals surface area contributed by atoms with E-state index in [0.717, 1.165) is 5.57 Å². The van der Waals surface area contributed by atoms with E-state index in [1.807, 2.05) is 6.92 Å². The molecule has 1 unspecified atom stereocenters. The summed E-state index contributed by atoms with van der Waals surface area (Å²) in [5.41, 5.74) is 0.946. The number of allylic oxidation sites excluding steroid dienone is 2. The van der Waals surface area contributed by atoms with E-state index in [1.165, 1.54) is 0 Å². The molecule has 1 aliphatic carbocycles. The molecular formula is C9H13O. The highest BCUT2D eigenvalue weighted by Gasteiger charge is 2.37. The van der Waals surface area contributed by atoms with Crippen molar-refractivity contribution in [2.45, 2.75) is 20.8 Å². The Labute approximate surface area is 62.1 Å². The third kappa shape index (κ3) is 0.808. The Balaban J connectivity index is 3.00. The van der Waals surface area contributed by atoms with Crippen molar-refractivity contribution in [2.24, 2.45) is 11.3 Å². The van der Waals surface area contributed by atoms with Crippen LogP contribution >= 0.6 is 0 Å². The molecule has 0 aliphatic heterocycles. The maximum absolute atomic E-state index is 11.1. The van der Waals surface area contributed by atoms with Gasteiger partial charge >= 0.3 is 0 Å². The highest BCUT2D eigenvalue weighted by Crippen LogP contribution is 2.40. The lowest BCUT2D eigenvalue weighted by Crippen LogP contribution is -2.21. The lowest BCUT2D eigenvalue weighted by Gasteiger charge is -2.24. The summed E-state index contributed by atoms with van der Waals surface area (Å²) in [6.07, 6.45) is 1.66. The monoisotopic (exact) mass is 137 g/mol. The van der Waals surface area contributed by atoms with Crippen LogP contribution in [0.3, 0.4) is 0 Å². The zero-order valence-corrected chi connectivity index (χ0v) is 6.77. The molecule has 1 heteroatoms. The Morgan fingerprint density at radius 1 is 1.60 bits per heavy atom. The molecule has 0 aromatic rings. The summed E-state index contributed by atoms with van der Waals surface area (Å²) >= 11 is 0. The van der Waals surface area contributed by atoms with Gasteiger partial charge in [0.2, 0.25) is 0 Å². The lowest BCUT2D eigenvalue weighted by atomic mass is 9.79. The van der Waals surface area contributed by atoms with Crippen LogP contribution in [0.25, 0.3) is 0 Å². The molecule has 1 aliphatic rings. The lowest BCUT2D eigenvalue weighted by molar-refractivity contribution is -0.118. The minimum Gasteiger partial charge on any atom is -0.295 e. The zero-order valence-electron chi connectivity index (χ0n) is 6.77. The van der Waals surface area contributed by atoms with Crippen molar-refractivity contribution < 1.29 is 4.79 Å². The molecule has 55 valence electrons. The van der Waals surface area contributed by atoms with Gasteiger partial charge in [-0.25, -0.2) is 0 Å². The molecule has 1 atom stereocenters. The van der Waals surface area contributed by atoms with Gasteiger partial charge in [-0.2, -0.15) is 0 Å². The van der Waals surface area contributed by atoms with Crippen LogP contribution in [0.4, 0.5) is 0 Å². The molecule has 1 nitrogen and oxygen atoms in total. The Hall–Kier alpha value is -0.590. The van der Waals surface area contributed by atoms with E-state index in [-0.39, 0.29) is 17.1 Å². The number of ketones is 1. The van der Waals surface area contributed by atoms with Gasteiger partial charge in [0.05, 0.1) is 0 Å². The molecular weight excluding hydrogens is 124 g/mol. The summed E-state index contributed by atoms with van der Waals surface area (Å²) in [6.45, 7) is 9.90. The molecule has 1 radical (unpaired) electrons. The largest absolute Gasteiger partial charge is 0.295 e. The van der Waals surface area contributed by atoms with Gasteiger partial charge in [-0.15, -0.1) is 0 Å². The second-order valence-corrected chi connectivity index (χ2v) is 3.52. The first kappa shape index (κ1) is 7.52. The average Bonchev–Trinajstić information content (AvgIpc) is 1.97. The van der Waals surface area contributed by atoms with Crippen LogP contribution in [0.15, 0.2) is 11.6 Å². The fourth-order valence-electron chi connectivity index (χ4n) is 1.12. The van der Waals surface area contributed by atoms with Crippen LogP contribution in [0.1, 0.15) is 20.8 Å². The summed E-state index contributed by atoms with van der Waals surface area (Å²) in [4.78, 5) is 11.1. The molecule has 0 aromatic heterocycles. The first-order valence-electron chi connectivity index (χ1n) is 3.54. The SMILES string of the molecule is [CH2]C1=CC(=O)C(C)C1(C)C. The summed E-state index contributed by atoms with van der Waals surface area (Å²) in [6, 6.07) is 0. The molecule has 10 heavy (non-hydrogen) atoms. The highest BCUT2D eigenvalue weighted by atomic mass is 16.1. The second kappa shape index (κ2) is 1.94. The maximum atomic E-state index is 11.1. The van der Waals surface area contributed by atoms with Gasteiger partial charge in [-0.1, -0.05) is 26.3 Å². The normalized spacial score (nSPS) is 30.6. The smallest absolute Gasteiger partial charge is 0.159 e. The third-order valence-corrected chi connectivity index (χ3v) is 2.65. The van der Waals surface area contributed by atoms with Crippen molar-refractivity contribution in [3.05, 3.63) is 18.6 Å². The second-order valence-electron chi connectivity index (χ2n) is 3.52. The van der Waals surface area contributed by atoms with Crippen LogP contribution in [0.5, 0.6) is 0 Å². The fraction of sp³-hybridized carbons (Fsp3) is 0.556. The molecule has 0 saturated carbocycles. The van der Waals surface area contributed by atoms with Crippen LogP contribution in [-0.2, 0) is 4.79 Å². The van der Waals surface area contributed by atoms with Crippen LogP contribution in [-0.4, -0.2) is 5.78 Å². The van der Waals surface area contributed by atoms with Crippen molar-refractivity contribution in [1.82, 2.24) is 0 Å². The van der Waals surface area contributed by atoms with Crippen molar-refractivity contribution in [1.29, 1.82) is 0 Å². The molecule has 0 amide bonds. The summed E-state index contributed by atoms with van der Waals surface area (Å²) in [7, 11) is 0. The molecule has 0 bridgehead atoms. The fourth-order valence-corrected chi connectivity index (χ4v) is 1.12. The number of hydrogen-bond donors (Lipinski definition) is 0. The Morgan fingerprint density at radius 3 is 2.20 bits per heavy atom. The van der Waals surface area contributed by atoms with Gasteiger partial charge in [0.25, 0.3) is 0 Å². The predicted octanol–water partition coefficient (Wildman–Crippen LogP) is 1.99. The van der Waals surface area contributed by atoms with Crippen molar-refractivity contribution in [3.63, 3.8) is 0 Å². The van der Waals surface area contributed by atoms with Crippen molar-refractivity contribution in [2.75, 3.05) is 0 Å². The molecule has 0 aromatic carbocycles. The summed E-state index contributed by atoms with van der Waals surface area (Å²) in [5.74, 6) is 0.329. The molecule has 1 rings (SSSR count). The minimum absolute atomic E-state index is 0.0168. The van der Waals surface area contributed by atoms with Gasteiger partial charge < -0.3 is 0 Å². The Morgan fingerprint density at radius 2 is 2.10 bits per heavy atom. The van der Waals surface area contributed by atoms with Crippen LogP contribution in [0, 0.1) is 18.3 Å². The average molecular weight is 137 g/mol. The Kier molecular flexibility index (Phi) is 1.46. The highest BCUT2D eigenvalue weighted by molar-refractivity contribution is 5.96. The van der Waals surface area contributed by atoms with E-state index in [0.29, 0.717) is 0 Å². The van der Waals surface area contributed by atoms with E-state index >= 15 is 0 Å². The minimum atomic E-state index is -0.0168. The molecule has 0 saturated heterocycles. The first-order valence-corrected chi connectivity index (χ1v) is 3.54. The Bertz CT molecular complexity index is 199. The number of rotatable bonds is 0. The van der Waals surface area contributed by atoms with Gasteiger partial charge in [-0.05, 0) is 18.4 Å². The third-order valence-electron chi connectivity index (χ3n) is 2.65. The van der Waals surface area contributed by atoms with E-state index < -0.39 is 0 Å². The van der Waals surface area contributed by atoms with E-state index in [1.54, 1.807) is 6.08 Å². The summed E-state index contributed by atoms with van der Waals surface area (Å²) < 4.78 is 0. The molecule has 0 fully saturated rings. The predicted molar refractivity (Wildman–Crippen MR) is 41.4 cm³/mol. The van der Waals surface area contributed by atoms with E-state index in [9.17, 15) is 4.79 Å². The van der Waals surface area contributed by atoms with Gasteiger partial charge in [0.1, 0.15) is 0 Å². The molecule has 0 heterocycles. The van der Waals surface area contributed by atoms with Gasteiger partial charge in [0, 0.05) is 5.92 Å². The van der Waals surface area contributed by atoms with Crippen LogP contribution < -0.4 is 0 Å². The molecule has 0 spiro atoms. The van der Waals surface area contributed by atoms with Crippen molar-refractivity contribution in [3.8, 4) is 0 Å². The topological polar surface area (TPSA) is 17.1 Å². The van der Waals surface area contributed by atoms with Gasteiger partial charge in [0.15, 0.2) is 5.78 Å². The number of hydrogen-bond acceptors (Lipinski definition) is 1. The maximum Gasteiger partial charge on any atom is 0.159 e. The first-order chi connectivity index (χ1) is 4.46. The summed E-state index contributed by atoms with van der Waals surface area (Å²) in [5, 5.41) is 0. The number of carbonyl (C=O) groups excluding carboxylic acids is 1. The number of carbonyl (C=O) groups is 1. The molecule has 0 N–H and O–H groups in total. The quantitative estimate of drug-likeness (QED) is 0.499. The van der Waals surface area contributed by atoms with E-state index in [4.69, 9.17) is 0 Å². The zero-order chi connectivity index (χ0) is 7.94. The van der Waals surface area contributed by atoms with E-state index in [2.05, 4.69) is 20.8 Å².